The molecule has 4 heteroatoms. The van der Waals surface area contributed by atoms with Crippen LogP contribution >= 0.6 is 0 Å². The number of hydrogen-bond donors (Lipinski definition) is 0. The number of ether oxygens (including phenoxy) is 2. The average Bonchev–Trinajstić information content (AvgIpc) is 3.10. The third-order valence-corrected chi connectivity index (χ3v) is 5.61. The number of hydrogen-bond acceptors (Lipinski definition) is 3. The Morgan fingerprint density at radius 1 is 0.929 bits per heavy atom. The molecule has 2 heterocycles. The summed E-state index contributed by atoms with van der Waals surface area (Å²) in [7, 11) is 3.40. The Morgan fingerprint density at radius 3 is 2.50 bits per heavy atom. The molecule has 28 heavy (non-hydrogen) atoms. The van der Waals surface area contributed by atoms with Crippen molar-refractivity contribution in [2.75, 3.05) is 20.8 Å². The second kappa shape index (κ2) is 8.11. The lowest BCUT2D eigenvalue weighted by atomic mass is 9.99. The summed E-state index contributed by atoms with van der Waals surface area (Å²) in [6.45, 7) is 5.03. The van der Waals surface area contributed by atoms with E-state index in [1.54, 1.807) is 14.2 Å². The van der Waals surface area contributed by atoms with E-state index in [4.69, 9.17) is 9.47 Å². The highest BCUT2D eigenvalue weighted by Crippen LogP contribution is 2.37. The second-order valence-electron chi connectivity index (χ2n) is 7.42. The van der Waals surface area contributed by atoms with E-state index in [9.17, 15) is 0 Å². The van der Waals surface area contributed by atoms with Crippen LogP contribution in [-0.4, -0.2) is 30.2 Å². The summed E-state index contributed by atoms with van der Waals surface area (Å²) in [4.78, 5) is 2.56. The zero-order chi connectivity index (χ0) is 19.5. The van der Waals surface area contributed by atoms with Crippen LogP contribution in [0.3, 0.4) is 0 Å². The third kappa shape index (κ3) is 3.52. The van der Waals surface area contributed by atoms with Crippen molar-refractivity contribution in [3.8, 4) is 11.5 Å². The van der Waals surface area contributed by atoms with E-state index in [2.05, 4.69) is 65.1 Å². The van der Waals surface area contributed by atoms with Crippen molar-refractivity contribution >= 4 is 0 Å². The summed E-state index contributed by atoms with van der Waals surface area (Å²) in [6, 6.07) is 19.7. The molecule has 1 atom stereocenters. The fraction of sp³-hybridized carbons (Fsp3) is 0.333. The van der Waals surface area contributed by atoms with Crippen molar-refractivity contribution in [2.45, 2.75) is 32.5 Å². The number of aryl methyl sites for hydroxylation is 2. The third-order valence-electron chi connectivity index (χ3n) is 5.61. The fourth-order valence-electron chi connectivity index (χ4n) is 4.24. The first kappa shape index (κ1) is 18.6. The minimum absolute atomic E-state index is 0.217. The first-order valence-corrected chi connectivity index (χ1v) is 9.87. The van der Waals surface area contributed by atoms with E-state index in [0.717, 1.165) is 43.1 Å². The molecule has 1 aromatic heterocycles. The van der Waals surface area contributed by atoms with Crippen molar-refractivity contribution in [2.24, 2.45) is 0 Å². The van der Waals surface area contributed by atoms with Crippen molar-refractivity contribution in [3.63, 3.8) is 0 Å². The van der Waals surface area contributed by atoms with Crippen LogP contribution in [0.4, 0.5) is 0 Å². The Balaban J connectivity index is 1.75. The van der Waals surface area contributed by atoms with Gasteiger partial charge in [0.1, 0.15) is 0 Å². The first-order chi connectivity index (χ1) is 13.7. The van der Waals surface area contributed by atoms with Crippen LogP contribution in [0.2, 0.25) is 0 Å². The molecule has 146 valence electrons. The standard InChI is InChI=1S/C24H28N2O2/c1-18-10-12-19(13-11-18)23-21-8-5-14-25(21)15-6-16-26(23)17-20-7-4-9-22(27-2)24(20)28-3/h4-5,7-14,23H,6,15-17H2,1-3H3/t23-/m1/s1. The molecule has 0 saturated carbocycles. The maximum atomic E-state index is 5.69. The molecular weight excluding hydrogens is 348 g/mol. The maximum absolute atomic E-state index is 5.69. The van der Waals surface area contributed by atoms with Crippen molar-refractivity contribution in [1.82, 2.24) is 9.47 Å². The van der Waals surface area contributed by atoms with Gasteiger partial charge in [-0.1, -0.05) is 42.0 Å². The topological polar surface area (TPSA) is 26.6 Å². The highest BCUT2D eigenvalue weighted by Gasteiger charge is 2.28. The number of aromatic nitrogens is 1. The molecule has 4 rings (SSSR count). The Bertz CT molecular complexity index is 930. The van der Waals surface area contributed by atoms with Crippen molar-refractivity contribution < 1.29 is 9.47 Å². The van der Waals surface area contributed by atoms with E-state index in [0.29, 0.717) is 0 Å². The quantitative estimate of drug-likeness (QED) is 0.639. The summed E-state index contributed by atoms with van der Waals surface area (Å²) < 4.78 is 13.6. The predicted octanol–water partition coefficient (Wildman–Crippen LogP) is 4.81. The van der Waals surface area contributed by atoms with E-state index in [1.807, 2.05) is 12.1 Å². The maximum Gasteiger partial charge on any atom is 0.165 e. The van der Waals surface area contributed by atoms with Crippen LogP contribution in [-0.2, 0) is 13.1 Å². The summed E-state index contributed by atoms with van der Waals surface area (Å²) in [5.74, 6) is 1.61. The molecular formula is C24H28N2O2. The zero-order valence-electron chi connectivity index (χ0n) is 16.9. The first-order valence-electron chi connectivity index (χ1n) is 9.87. The highest BCUT2D eigenvalue weighted by atomic mass is 16.5. The molecule has 0 saturated heterocycles. The van der Waals surface area contributed by atoms with Gasteiger partial charge >= 0.3 is 0 Å². The Kier molecular flexibility index (Phi) is 5.40. The molecule has 0 bridgehead atoms. The summed E-state index contributed by atoms with van der Waals surface area (Å²) in [5, 5.41) is 0. The van der Waals surface area contributed by atoms with Gasteiger partial charge in [-0.3, -0.25) is 4.90 Å². The molecule has 0 N–H and O–H groups in total. The van der Waals surface area contributed by atoms with Crippen LogP contribution in [0.25, 0.3) is 0 Å². The van der Waals surface area contributed by atoms with E-state index < -0.39 is 0 Å². The van der Waals surface area contributed by atoms with Gasteiger partial charge in [0.15, 0.2) is 11.5 Å². The van der Waals surface area contributed by atoms with Gasteiger partial charge in [-0.2, -0.15) is 0 Å². The molecule has 0 amide bonds. The van der Waals surface area contributed by atoms with Crippen LogP contribution in [0.5, 0.6) is 11.5 Å². The van der Waals surface area contributed by atoms with Gasteiger partial charge in [0.25, 0.3) is 0 Å². The number of fused-ring (bicyclic) bond motifs is 1. The van der Waals surface area contributed by atoms with Crippen LogP contribution in [0.1, 0.15) is 34.8 Å². The fourth-order valence-corrected chi connectivity index (χ4v) is 4.24. The number of benzene rings is 2. The smallest absolute Gasteiger partial charge is 0.165 e. The molecule has 0 spiro atoms. The molecule has 0 fully saturated rings. The van der Waals surface area contributed by atoms with Gasteiger partial charge in [-0.05, 0) is 37.1 Å². The number of nitrogens with zero attached hydrogens (tertiary/aromatic N) is 2. The summed E-state index contributed by atoms with van der Waals surface area (Å²) in [5.41, 5.74) is 5.12. The highest BCUT2D eigenvalue weighted by molar-refractivity contribution is 5.46. The Labute approximate surface area is 167 Å². The van der Waals surface area contributed by atoms with Gasteiger partial charge < -0.3 is 14.0 Å². The minimum Gasteiger partial charge on any atom is -0.493 e. The SMILES string of the molecule is COc1cccc(CN2CCCn3cccc3[C@H]2c2ccc(C)cc2)c1OC. The largest absolute Gasteiger partial charge is 0.493 e. The molecule has 2 aromatic carbocycles. The van der Waals surface area contributed by atoms with E-state index >= 15 is 0 Å². The molecule has 0 radical (unpaired) electrons. The lowest BCUT2D eigenvalue weighted by Crippen LogP contribution is -2.29. The van der Waals surface area contributed by atoms with Gasteiger partial charge in [0, 0.05) is 37.1 Å². The average molecular weight is 377 g/mol. The van der Waals surface area contributed by atoms with Gasteiger partial charge in [0.2, 0.25) is 0 Å². The van der Waals surface area contributed by atoms with Gasteiger partial charge in [-0.15, -0.1) is 0 Å². The number of methoxy groups -OCH3 is 2. The molecule has 1 aliphatic rings. The molecule has 0 aliphatic carbocycles. The minimum atomic E-state index is 0.217. The van der Waals surface area contributed by atoms with Crippen LogP contribution < -0.4 is 9.47 Å². The molecule has 4 nitrogen and oxygen atoms in total. The molecule has 0 unspecified atom stereocenters. The Morgan fingerprint density at radius 2 is 1.75 bits per heavy atom. The molecule has 3 aromatic rings. The zero-order valence-corrected chi connectivity index (χ0v) is 16.9. The normalized spacial score (nSPS) is 17.0. The van der Waals surface area contributed by atoms with Crippen molar-refractivity contribution in [1.29, 1.82) is 0 Å². The van der Waals surface area contributed by atoms with E-state index in [1.165, 1.54) is 16.8 Å². The molecule has 1 aliphatic heterocycles. The lowest BCUT2D eigenvalue weighted by Gasteiger charge is -2.31. The van der Waals surface area contributed by atoms with Gasteiger partial charge in [0.05, 0.1) is 20.3 Å². The predicted molar refractivity (Wildman–Crippen MR) is 112 cm³/mol. The number of rotatable bonds is 5. The van der Waals surface area contributed by atoms with Crippen LogP contribution in [0, 0.1) is 6.92 Å². The second-order valence-corrected chi connectivity index (χ2v) is 7.42. The Hall–Kier alpha value is -2.72. The monoisotopic (exact) mass is 376 g/mol. The number of para-hydroxylation sites is 1. The van der Waals surface area contributed by atoms with E-state index in [-0.39, 0.29) is 6.04 Å². The summed E-state index contributed by atoms with van der Waals surface area (Å²) >= 11 is 0. The van der Waals surface area contributed by atoms with Crippen molar-refractivity contribution in [3.05, 3.63) is 83.2 Å². The van der Waals surface area contributed by atoms with Gasteiger partial charge in [-0.25, -0.2) is 0 Å². The van der Waals surface area contributed by atoms with Crippen LogP contribution in [0.15, 0.2) is 60.8 Å². The summed E-state index contributed by atoms with van der Waals surface area (Å²) in [6.07, 6.45) is 3.32. The lowest BCUT2D eigenvalue weighted by molar-refractivity contribution is 0.216.